The molecule has 1 unspecified atom stereocenters. The van der Waals surface area contributed by atoms with E-state index in [1.54, 1.807) is 6.20 Å². The number of hydrogen-bond donors (Lipinski definition) is 2. The van der Waals surface area contributed by atoms with Gasteiger partial charge in [0.15, 0.2) is 0 Å². The molecule has 1 saturated heterocycles. The summed E-state index contributed by atoms with van der Waals surface area (Å²) in [6.45, 7) is 7.29. The fraction of sp³-hybridized carbons (Fsp3) is 0.300. The van der Waals surface area contributed by atoms with E-state index in [9.17, 15) is 4.79 Å². The summed E-state index contributed by atoms with van der Waals surface area (Å²) < 4.78 is 0. The van der Waals surface area contributed by atoms with Crippen LogP contribution in [0.3, 0.4) is 0 Å². The predicted octanol–water partition coefficient (Wildman–Crippen LogP) is 4.36. The van der Waals surface area contributed by atoms with E-state index in [0.717, 1.165) is 61.2 Å². The van der Waals surface area contributed by atoms with Gasteiger partial charge in [0.1, 0.15) is 0 Å². The zero-order chi connectivity index (χ0) is 26.5. The summed E-state index contributed by atoms with van der Waals surface area (Å²) in [6, 6.07) is 17.8. The molecule has 0 saturated carbocycles. The Morgan fingerprint density at radius 1 is 1.03 bits per heavy atom. The van der Waals surface area contributed by atoms with Gasteiger partial charge in [-0.2, -0.15) is 0 Å². The smallest absolute Gasteiger partial charge is 0.255 e. The molecule has 2 aliphatic heterocycles. The number of benzene rings is 2. The van der Waals surface area contributed by atoms with Crippen molar-refractivity contribution < 1.29 is 4.79 Å². The molecule has 2 aromatic carbocycles. The number of anilines is 2. The number of hydrogen-bond acceptors (Lipinski definition) is 7. The van der Waals surface area contributed by atoms with Crippen molar-refractivity contribution in [1.82, 2.24) is 19.7 Å². The Hall–Kier alpha value is -4.01. The summed E-state index contributed by atoms with van der Waals surface area (Å²) in [5.41, 5.74) is 5.62. The maximum atomic E-state index is 13.0. The normalized spacial score (nSPS) is 18.2. The highest BCUT2D eigenvalue weighted by molar-refractivity contribution is 6.05. The van der Waals surface area contributed by atoms with Crippen molar-refractivity contribution in [1.29, 1.82) is 0 Å². The summed E-state index contributed by atoms with van der Waals surface area (Å²) in [4.78, 5) is 28.7. The van der Waals surface area contributed by atoms with Crippen LogP contribution in [-0.4, -0.2) is 71.8 Å². The molecular formula is C30H35N7O. The Morgan fingerprint density at radius 2 is 1.82 bits per heavy atom. The lowest BCUT2D eigenvalue weighted by atomic mass is 10.1. The van der Waals surface area contributed by atoms with Crippen molar-refractivity contribution in [3.8, 4) is 0 Å². The van der Waals surface area contributed by atoms with Crippen molar-refractivity contribution in [2.24, 2.45) is 4.99 Å². The average Bonchev–Trinajstić information content (AvgIpc) is 2.94. The second-order valence-electron chi connectivity index (χ2n) is 10.0. The lowest BCUT2D eigenvalue weighted by Crippen LogP contribution is -2.43. The minimum Gasteiger partial charge on any atom is -0.335 e. The number of likely N-dealkylation sites (N-methyl/N-ethyl adjacent to an activating group) is 2. The molecule has 0 aliphatic carbocycles. The number of pyridine rings is 1. The third-order valence-corrected chi connectivity index (χ3v) is 7.20. The lowest BCUT2D eigenvalue weighted by molar-refractivity contribution is 0.102. The number of nitrogens with one attached hydrogen (secondary N) is 2. The van der Waals surface area contributed by atoms with Gasteiger partial charge in [-0.1, -0.05) is 24.3 Å². The average molecular weight is 510 g/mol. The Bertz CT molecular complexity index is 1310. The molecule has 38 heavy (non-hydrogen) atoms. The van der Waals surface area contributed by atoms with Crippen LogP contribution < -0.4 is 10.6 Å². The molecule has 1 amide bonds. The minimum absolute atomic E-state index is 0.0334. The van der Waals surface area contributed by atoms with E-state index in [-0.39, 0.29) is 11.9 Å². The molecule has 0 bridgehead atoms. The van der Waals surface area contributed by atoms with Crippen molar-refractivity contribution >= 4 is 23.2 Å². The maximum absolute atomic E-state index is 13.0. The molecule has 5 rings (SSSR count). The summed E-state index contributed by atoms with van der Waals surface area (Å²) >= 11 is 0. The fourth-order valence-electron chi connectivity index (χ4n) is 4.74. The number of carbonyl (C=O) groups is 1. The highest BCUT2D eigenvalue weighted by Gasteiger charge is 2.21. The van der Waals surface area contributed by atoms with Crippen LogP contribution in [0.4, 0.5) is 11.4 Å². The van der Waals surface area contributed by atoms with Crippen LogP contribution in [0.15, 0.2) is 84.3 Å². The quantitative estimate of drug-likeness (QED) is 0.514. The third kappa shape index (κ3) is 6.10. The molecule has 2 aliphatic rings. The van der Waals surface area contributed by atoms with Gasteiger partial charge in [0.2, 0.25) is 5.96 Å². The Morgan fingerprint density at radius 3 is 2.55 bits per heavy atom. The molecule has 3 aromatic rings. The van der Waals surface area contributed by atoms with E-state index in [1.165, 1.54) is 5.56 Å². The van der Waals surface area contributed by atoms with E-state index >= 15 is 0 Å². The highest BCUT2D eigenvalue weighted by Crippen LogP contribution is 2.26. The SMILES string of the molecule is Cc1ccc(NC(=O)c2ccc(CN3CCN(C)CC3)cc2)cc1NC1=NC=CC(c2cccnc2)N1C. The molecule has 1 atom stereocenters. The third-order valence-electron chi connectivity index (χ3n) is 7.20. The molecule has 1 aromatic heterocycles. The van der Waals surface area contributed by atoms with E-state index < -0.39 is 0 Å². The largest absolute Gasteiger partial charge is 0.335 e. The number of aliphatic imine (C=N–C) groups is 1. The second kappa shape index (κ2) is 11.6. The van der Waals surface area contributed by atoms with Gasteiger partial charge in [0.25, 0.3) is 5.91 Å². The first-order chi connectivity index (χ1) is 18.5. The zero-order valence-corrected chi connectivity index (χ0v) is 22.3. The number of carbonyl (C=O) groups excluding carboxylic acids is 1. The molecule has 0 radical (unpaired) electrons. The van der Waals surface area contributed by atoms with Gasteiger partial charge < -0.3 is 20.4 Å². The van der Waals surface area contributed by atoms with Gasteiger partial charge in [-0.15, -0.1) is 0 Å². The van der Waals surface area contributed by atoms with Gasteiger partial charge >= 0.3 is 0 Å². The van der Waals surface area contributed by atoms with E-state index in [0.29, 0.717) is 5.56 Å². The monoisotopic (exact) mass is 509 g/mol. The van der Waals surface area contributed by atoms with Gasteiger partial charge in [0.05, 0.1) is 6.04 Å². The minimum atomic E-state index is -0.127. The first kappa shape index (κ1) is 25.6. The summed E-state index contributed by atoms with van der Waals surface area (Å²) in [7, 11) is 4.17. The van der Waals surface area contributed by atoms with E-state index in [1.807, 2.05) is 68.8 Å². The second-order valence-corrected chi connectivity index (χ2v) is 10.0. The van der Waals surface area contributed by atoms with Crippen LogP contribution in [0.25, 0.3) is 0 Å². The molecule has 8 heteroatoms. The molecule has 196 valence electrons. The number of nitrogens with zero attached hydrogens (tertiary/aromatic N) is 5. The van der Waals surface area contributed by atoms with Crippen molar-refractivity contribution in [2.45, 2.75) is 19.5 Å². The standard InChI is InChI=1S/C30H35N7O/c1-22-6-11-26(19-27(22)34-30-32-14-12-28(36(30)3)25-5-4-13-31-20-25)33-29(38)24-9-7-23(8-10-24)21-37-17-15-35(2)16-18-37/h4-14,19-20,28H,15-18,21H2,1-3H3,(H,32,34)(H,33,38). The number of aromatic nitrogens is 1. The van der Waals surface area contributed by atoms with Gasteiger partial charge in [-0.3, -0.25) is 14.7 Å². The molecule has 3 heterocycles. The number of piperazine rings is 1. The highest BCUT2D eigenvalue weighted by atomic mass is 16.1. The molecule has 1 fully saturated rings. The number of aryl methyl sites for hydroxylation is 1. The molecular weight excluding hydrogens is 474 g/mol. The molecule has 0 spiro atoms. The van der Waals surface area contributed by atoms with Crippen LogP contribution >= 0.6 is 0 Å². The van der Waals surface area contributed by atoms with Crippen LogP contribution in [0, 0.1) is 6.92 Å². The van der Waals surface area contributed by atoms with Crippen LogP contribution in [0.5, 0.6) is 0 Å². The molecule has 2 N–H and O–H groups in total. The number of amides is 1. The Labute approximate surface area is 224 Å². The van der Waals surface area contributed by atoms with Crippen molar-refractivity contribution in [3.05, 3.63) is 102 Å². The summed E-state index contributed by atoms with van der Waals surface area (Å²) in [6.07, 6.45) is 7.50. The first-order valence-electron chi connectivity index (χ1n) is 13.0. The number of rotatable bonds is 6. The van der Waals surface area contributed by atoms with Crippen LogP contribution in [-0.2, 0) is 6.54 Å². The Balaban J connectivity index is 1.22. The first-order valence-corrected chi connectivity index (χ1v) is 13.0. The van der Waals surface area contributed by atoms with Crippen molar-refractivity contribution in [3.63, 3.8) is 0 Å². The van der Waals surface area contributed by atoms with Crippen LogP contribution in [0.1, 0.15) is 33.1 Å². The molecule has 8 nitrogen and oxygen atoms in total. The van der Waals surface area contributed by atoms with Gasteiger partial charge in [0, 0.05) is 75.3 Å². The van der Waals surface area contributed by atoms with E-state index in [4.69, 9.17) is 0 Å². The van der Waals surface area contributed by atoms with Gasteiger partial charge in [-0.25, -0.2) is 4.99 Å². The van der Waals surface area contributed by atoms with E-state index in [2.05, 4.69) is 60.6 Å². The summed E-state index contributed by atoms with van der Waals surface area (Å²) in [5.74, 6) is 0.599. The predicted molar refractivity (Wildman–Crippen MR) is 153 cm³/mol. The topological polar surface area (TPSA) is 76.1 Å². The van der Waals surface area contributed by atoms with Crippen molar-refractivity contribution in [2.75, 3.05) is 50.9 Å². The Kier molecular flexibility index (Phi) is 7.81. The lowest BCUT2D eigenvalue weighted by Gasteiger charge is -2.32. The van der Waals surface area contributed by atoms with Crippen LogP contribution in [0.2, 0.25) is 0 Å². The maximum Gasteiger partial charge on any atom is 0.255 e. The summed E-state index contributed by atoms with van der Waals surface area (Å²) in [5, 5.41) is 6.49. The fourth-order valence-corrected chi connectivity index (χ4v) is 4.74. The number of guanidine groups is 1. The van der Waals surface area contributed by atoms with Gasteiger partial charge in [-0.05, 0) is 67.1 Å². The zero-order valence-electron chi connectivity index (χ0n) is 22.3.